The number of phosphoric ester groups is 1. The van der Waals surface area contributed by atoms with E-state index in [2.05, 4.69) is 111 Å². The Bertz CT molecular complexity index is 1610. The number of carbonyl (C=O) groups is 2. The Morgan fingerprint density at radius 2 is 0.853 bits per heavy atom. The molecule has 0 saturated carbocycles. The monoisotopic (exact) mass is 1070 g/mol. The minimum Gasteiger partial charge on any atom is -0.456 e. The first-order valence-corrected chi connectivity index (χ1v) is 32.1. The Balaban J connectivity index is 5.29. The number of allylic oxidation sites excluding steroid dienone is 15. The Morgan fingerprint density at radius 1 is 0.480 bits per heavy atom. The minimum atomic E-state index is -4.46. The summed E-state index contributed by atoms with van der Waals surface area (Å²) in [6.45, 7) is 6.84. The molecule has 9 nitrogen and oxygen atoms in total. The highest BCUT2D eigenvalue weighted by Crippen LogP contribution is 2.43. The van der Waals surface area contributed by atoms with Gasteiger partial charge in [-0.3, -0.25) is 18.6 Å². The van der Waals surface area contributed by atoms with Crippen molar-refractivity contribution < 1.29 is 37.3 Å². The molecule has 75 heavy (non-hydrogen) atoms. The standard InChI is InChI=1S/C65H115N2O7P/c1-7-10-13-16-19-22-25-27-29-31-32-33-34-36-38-40-43-46-49-52-55-58-65(69)74-63(56-53-50-47-44-41-24-21-18-15-12-9-3)62(61-73-75(70,71)72-60-59-67(4,5)6)66-64(68)57-54-51-48-45-42-39-37-35-30-28-26-23-20-17-14-11-8-2/h10,13,19-20,22-23,27-30,32-33,36,38,53,56,62-63H,7-9,11-12,14-18,21,24-26,31,34-35,37,39-52,54-55,57-61H2,1-6H3,(H-,66,68,70,71)/p+1/b13-10-,22-19-,23-20-,29-27-,30-28-,33-32-,38-36-,56-53+. The number of esters is 1. The summed E-state index contributed by atoms with van der Waals surface area (Å²) in [4.78, 5) is 37.7. The van der Waals surface area contributed by atoms with Gasteiger partial charge in [0.25, 0.3) is 0 Å². The number of unbranched alkanes of at least 4 members (excludes halogenated alkanes) is 24. The zero-order valence-corrected chi connectivity index (χ0v) is 50.2. The molecule has 0 aliphatic rings. The first-order valence-electron chi connectivity index (χ1n) is 30.6. The summed E-state index contributed by atoms with van der Waals surface area (Å²) < 4.78 is 30.6. The number of likely N-dealkylation sites (N-methyl/N-ethyl adjacent to an activating group) is 1. The highest BCUT2D eigenvalue weighted by molar-refractivity contribution is 7.47. The second kappa shape index (κ2) is 54.3. The van der Waals surface area contributed by atoms with Crippen LogP contribution < -0.4 is 5.32 Å². The van der Waals surface area contributed by atoms with Crippen molar-refractivity contribution in [2.45, 2.75) is 264 Å². The van der Waals surface area contributed by atoms with Crippen molar-refractivity contribution in [3.05, 3.63) is 97.2 Å². The summed E-state index contributed by atoms with van der Waals surface area (Å²) in [5.74, 6) is -0.540. The number of carbonyl (C=O) groups excluding carboxylic acids is 2. The molecular weight excluding hydrogens is 952 g/mol. The van der Waals surface area contributed by atoms with Crippen molar-refractivity contribution in [1.29, 1.82) is 0 Å². The average Bonchev–Trinajstić information content (AvgIpc) is 3.37. The van der Waals surface area contributed by atoms with E-state index in [4.69, 9.17) is 13.8 Å². The number of phosphoric acid groups is 1. The number of hydrogen-bond acceptors (Lipinski definition) is 6. The van der Waals surface area contributed by atoms with Gasteiger partial charge in [-0.1, -0.05) is 227 Å². The highest BCUT2D eigenvalue weighted by Gasteiger charge is 2.30. The molecule has 0 spiro atoms. The molecule has 10 heteroatoms. The predicted molar refractivity (Wildman–Crippen MR) is 323 cm³/mol. The summed E-state index contributed by atoms with van der Waals surface area (Å²) in [6, 6.07) is -0.866. The van der Waals surface area contributed by atoms with E-state index in [1.165, 1.54) is 89.9 Å². The maximum absolute atomic E-state index is 13.5. The molecular formula is C65H116N2O7P+. The van der Waals surface area contributed by atoms with Crippen molar-refractivity contribution in [1.82, 2.24) is 5.32 Å². The molecule has 0 aromatic heterocycles. The van der Waals surface area contributed by atoms with Crippen LogP contribution in [0.2, 0.25) is 0 Å². The van der Waals surface area contributed by atoms with Crippen LogP contribution in [0.25, 0.3) is 0 Å². The fourth-order valence-corrected chi connectivity index (χ4v) is 9.03. The van der Waals surface area contributed by atoms with Gasteiger partial charge in [0, 0.05) is 12.8 Å². The molecule has 0 aromatic carbocycles. The molecule has 0 saturated heterocycles. The molecule has 0 fully saturated rings. The van der Waals surface area contributed by atoms with Gasteiger partial charge in [0.15, 0.2) is 0 Å². The second-order valence-electron chi connectivity index (χ2n) is 21.5. The lowest BCUT2D eigenvalue weighted by Crippen LogP contribution is -2.47. The van der Waals surface area contributed by atoms with Gasteiger partial charge in [-0.25, -0.2) is 4.57 Å². The Hall–Kier alpha value is -3.07. The Morgan fingerprint density at radius 3 is 1.31 bits per heavy atom. The molecule has 3 atom stereocenters. The maximum Gasteiger partial charge on any atom is 0.472 e. The number of ether oxygens (including phenoxy) is 1. The summed E-state index contributed by atoms with van der Waals surface area (Å²) in [5.41, 5.74) is 0. The fraction of sp³-hybridized carbons (Fsp3) is 0.723. The van der Waals surface area contributed by atoms with Gasteiger partial charge in [-0.2, -0.15) is 0 Å². The van der Waals surface area contributed by atoms with Crippen LogP contribution in [0.3, 0.4) is 0 Å². The van der Waals surface area contributed by atoms with Crippen LogP contribution in [0.5, 0.6) is 0 Å². The lowest BCUT2D eigenvalue weighted by atomic mass is 10.1. The average molecular weight is 1070 g/mol. The van der Waals surface area contributed by atoms with Gasteiger partial charge in [-0.15, -0.1) is 0 Å². The van der Waals surface area contributed by atoms with Crippen LogP contribution in [-0.4, -0.2) is 74.3 Å². The Kier molecular flexibility index (Phi) is 52.1. The van der Waals surface area contributed by atoms with Crippen molar-refractivity contribution in [3.63, 3.8) is 0 Å². The summed E-state index contributed by atoms with van der Waals surface area (Å²) >= 11 is 0. The predicted octanol–water partition coefficient (Wildman–Crippen LogP) is 18.8. The molecule has 0 aromatic rings. The van der Waals surface area contributed by atoms with Gasteiger partial charge in [-0.05, 0) is 109 Å². The summed E-state index contributed by atoms with van der Waals surface area (Å²) in [7, 11) is 1.47. The van der Waals surface area contributed by atoms with E-state index in [1.54, 1.807) is 0 Å². The van der Waals surface area contributed by atoms with E-state index in [-0.39, 0.29) is 31.5 Å². The molecule has 432 valence electrons. The number of hydrogen-bond donors (Lipinski definition) is 2. The number of nitrogens with one attached hydrogen (secondary N) is 1. The van der Waals surface area contributed by atoms with Crippen LogP contribution in [-0.2, 0) is 27.9 Å². The SMILES string of the molecule is CC/C=C\C/C=C\C/C=C\C/C=C\C/C=C\CCCCCCCC(=O)OC(/C=C/CCCCCCCCCCC)C(COP(=O)(O)OCC[N+](C)(C)C)NC(=O)CCCCCCCCC/C=C\C/C=C\CCCCC. The van der Waals surface area contributed by atoms with Crippen LogP contribution in [0, 0.1) is 0 Å². The van der Waals surface area contributed by atoms with E-state index >= 15 is 0 Å². The molecule has 3 unspecified atom stereocenters. The van der Waals surface area contributed by atoms with Crippen LogP contribution in [0.1, 0.15) is 252 Å². The first-order chi connectivity index (χ1) is 36.4. The van der Waals surface area contributed by atoms with E-state index < -0.39 is 20.0 Å². The van der Waals surface area contributed by atoms with E-state index in [0.717, 1.165) is 122 Å². The number of rotatable bonds is 54. The smallest absolute Gasteiger partial charge is 0.456 e. The summed E-state index contributed by atoms with van der Waals surface area (Å²) in [6.07, 6.45) is 72.5. The van der Waals surface area contributed by atoms with Gasteiger partial charge in [0.2, 0.25) is 5.91 Å². The van der Waals surface area contributed by atoms with Crippen LogP contribution in [0.15, 0.2) is 97.2 Å². The molecule has 2 N–H and O–H groups in total. The maximum atomic E-state index is 13.5. The number of amides is 1. The van der Waals surface area contributed by atoms with E-state index in [1.807, 2.05) is 33.3 Å². The molecule has 0 radical (unpaired) electrons. The molecule has 0 heterocycles. The van der Waals surface area contributed by atoms with E-state index in [0.29, 0.717) is 23.9 Å². The quantitative estimate of drug-likeness (QED) is 0.0205. The van der Waals surface area contributed by atoms with Crippen LogP contribution in [0.4, 0.5) is 0 Å². The van der Waals surface area contributed by atoms with Gasteiger partial charge in [0.05, 0.1) is 33.8 Å². The third kappa shape index (κ3) is 55.5. The molecule has 0 aliphatic heterocycles. The highest BCUT2D eigenvalue weighted by atomic mass is 31.2. The lowest BCUT2D eigenvalue weighted by molar-refractivity contribution is -0.870. The van der Waals surface area contributed by atoms with E-state index in [9.17, 15) is 19.0 Å². The molecule has 1 amide bonds. The second-order valence-corrected chi connectivity index (χ2v) is 22.9. The van der Waals surface area contributed by atoms with Gasteiger partial charge < -0.3 is 19.4 Å². The van der Waals surface area contributed by atoms with Crippen LogP contribution >= 0.6 is 7.82 Å². The van der Waals surface area contributed by atoms with Crippen molar-refractivity contribution in [3.8, 4) is 0 Å². The van der Waals surface area contributed by atoms with Crippen molar-refractivity contribution in [2.24, 2.45) is 0 Å². The largest absolute Gasteiger partial charge is 0.472 e. The van der Waals surface area contributed by atoms with Gasteiger partial charge >= 0.3 is 13.8 Å². The van der Waals surface area contributed by atoms with Gasteiger partial charge in [0.1, 0.15) is 19.3 Å². The summed E-state index contributed by atoms with van der Waals surface area (Å²) in [5, 5.41) is 3.04. The van der Waals surface area contributed by atoms with Crippen molar-refractivity contribution >= 4 is 19.7 Å². The zero-order chi connectivity index (χ0) is 55.0. The van der Waals surface area contributed by atoms with Crippen molar-refractivity contribution in [2.75, 3.05) is 40.9 Å². The number of nitrogens with zero attached hydrogens (tertiary/aromatic N) is 1. The third-order valence-corrected chi connectivity index (χ3v) is 14.0. The zero-order valence-electron chi connectivity index (χ0n) is 49.3. The normalized spacial score (nSPS) is 14.4. The topological polar surface area (TPSA) is 111 Å². The first kappa shape index (κ1) is 71.9. The molecule has 0 bridgehead atoms. The number of quaternary nitrogens is 1. The molecule has 0 rings (SSSR count). The minimum absolute atomic E-state index is 0.0307. The Labute approximate surface area is 462 Å². The fourth-order valence-electron chi connectivity index (χ4n) is 8.29. The lowest BCUT2D eigenvalue weighted by Gasteiger charge is -2.27. The third-order valence-electron chi connectivity index (χ3n) is 13.0. The molecule has 0 aliphatic carbocycles.